The first-order valence-corrected chi connectivity index (χ1v) is 6.79. The highest BCUT2D eigenvalue weighted by molar-refractivity contribution is 6.00. The lowest BCUT2D eigenvalue weighted by Gasteiger charge is -2.12. The second-order valence-electron chi connectivity index (χ2n) is 5.56. The number of hydrogen-bond donors (Lipinski definition) is 3. The molecule has 0 aromatic carbocycles. The van der Waals surface area contributed by atoms with Gasteiger partial charge in [-0.1, -0.05) is 0 Å². The number of rotatable bonds is 4. The van der Waals surface area contributed by atoms with E-state index in [0.29, 0.717) is 29.3 Å². The number of aromatic nitrogens is 1. The van der Waals surface area contributed by atoms with E-state index < -0.39 is 5.97 Å². The van der Waals surface area contributed by atoms with Crippen LogP contribution in [0, 0.1) is 19.8 Å². The lowest BCUT2D eigenvalue weighted by Crippen LogP contribution is -2.31. The van der Waals surface area contributed by atoms with Gasteiger partial charge in [-0.05, 0) is 45.3 Å². The molecule has 1 aromatic rings. The first-order chi connectivity index (χ1) is 9.40. The third kappa shape index (κ3) is 2.85. The Hall–Kier alpha value is -1.82. The second-order valence-corrected chi connectivity index (χ2v) is 5.56. The molecule has 2 rings (SSSR count). The van der Waals surface area contributed by atoms with E-state index in [1.54, 1.807) is 13.8 Å². The van der Waals surface area contributed by atoms with Crippen molar-refractivity contribution in [3.05, 3.63) is 22.5 Å². The first-order valence-electron chi connectivity index (χ1n) is 6.79. The van der Waals surface area contributed by atoms with Crippen LogP contribution in [-0.4, -0.2) is 53.5 Å². The first kappa shape index (κ1) is 14.6. The Balaban J connectivity index is 2.04. The number of nitrogens with zero attached hydrogens (tertiary/aromatic N) is 1. The zero-order valence-electron chi connectivity index (χ0n) is 12.1. The molecular formula is C14H21N3O3. The highest BCUT2D eigenvalue weighted by atomic mass is 16.4. The Morgan fingerprint density at radius 2 is 2.15 bits per heavy atom. The molecule has 0 spiro atoms. The van der Waals surface area contributed by atoms with Crippen LogP contribution in [0.15, 0.2) is 0 Å². The van der Waals surface area contributed by atoms with Crippen molar-refractivity contribution in [3.8, 4) is 0 Å². The van der Waals surface area contributed by atoms with Gasteiger partial charge in [-0.3, -0.25) is 4.79 Å². The van der Waals surface area contributed by atoms with E-state index in [1.165, 1.54) is 0 Å². The molecule has 1 aromatic heterocycles. The highest BCUT2D eigenvalue weighted by Crippen LogP contribution is 2.18. The number of carboxylic acid groups (broad SMARTS) is 1. The molecule has 0 saturated carbocycles. The van der Waals surface area contributed by atoms with Gasteiger partial charge in [0.2, 0.25) is 0 Å². The summed E-state index contributed by atoms with van der Waals surface area (Å²) in [5, 5.41) is 12.0. The number of carbonyl (C=O) groups excluding carboxylic acids is 1. The minimum atomic E-state index is -1.04. The smallest absolute Gasteiger partial charge is 0.352 e. The van der Waals surface area contributed by atoms with Crippen molar-refractivity contribution < 1.29 is 14.7 Å². The van der Waals surface area contributed by atoms with Gasteiger partial charge in [0.15, 0.2) is 0 Å². The van der Waals surface area contributed by atoms with Gasteiger partial charge < -0.3 is 20.3 Å². The van der Waals surface area contributed by atoms with Crippen LogP contribution < -0.4 is 5.32 Å². The lowest BCUT2D eigenvalue weighted by molar-refractivity contribution is 0.0690. The van der Waals surface area contributed by atoms with Crippen LogP contribution in [0.1, 0.15) is 38.5 Å². The summed E-state index contributed by atoms with van der Waals surface area (Å²) in [5.41, 5.74) is 1.64. The number of aromatic amines is 1. The monoisotopic (exact) mass is 279 g/mol. The largest absolute Gasteiger partial charge is 0.477 e. The molecule has 1 unspecified atom stereocenters. The number of carbonyl (C=O) groups is 2. The molecule has 0 bridgehead atoms. The summed E-state index contributed by atoms with van der Waals surface area (Å²) in [7, 11) is 2.07. The molecule has 6 nitrogen and oxygen atoms in total. The number of amides is 1. The molecule has 1 atom stereocenters. The molecule has 3 N–H and O–H groups in total. The van der Waals surface area contributed by atoms with Crippen molar-refractivity contribution in [2.75, 3.05) is 26.7 Å². The van der Waals surface area contributed by atoms with E-state index in [-0.39, 0.29) is 11.6 Å². The molecule has 110 valence electrons. The maximum atomic E-state index is 12.2. The maximum absolute atomic E-state index is 12.2. The van der Waals surface area contributed by atoms with Gasteiger partial charge in [0.05, 0.1) is 5.56 Å². The Kier molecular flexibility index (Phi) is 4.13. The van der Waals surface area contributed by atoms with Crippen LogP contribution in [0.25, 0.3) is 0 Å². The van der Waals surface area contributed by atoms with Crippen LogP contribution in [0.3, 0.4) is 0 Å². The minimum Gasteiger partial charge on any atom is -0.477 e. The number of H-pyrrole nitrogens is 1. The molecule has 2 heterocycles. The Labute approximate surface area is 118 Å². The van der Waals surface area contributed by atoms with Gasteiger partial charge in [0.25, 0.3) is 5.91 Å². The van der Waals surface area contributed by atoms with Gasteiger partial charge in [0, 0.05) is 18.8 Å². The van der Waals surface area contributed by atoms with Gasteiger partial charge in [0.1, 0.15) is 5.69 Å². The average Bonchev–Trinajstić information content (AvgIpc) is 2.91. The molecule has 0 aliphatic carbocycles. The van der Waals surface area contributed by atoms with Crippen molar-refractivity contribution in [2.24, 2.45) is 5.92 Å². The molecule has 20 heavy (non-hydrogen) atoms. The number of aromatic carboxylic acids is 1. The maximum Gasteiger partial charge on any atom is 0.352 e. The fourth-order valence-corrected chi connectivity index (χ4v) is 2.82. The van der Waals surface area contributed by atoms with E-state index in [4.69, 9.17) is 5.11 Å². The fourth-order valence-electron chi connectivity index (χ4n) is 2.82. The van der Waals surface area contributed by atoms with Crippen molar-refractivity contribution in [2.45, 2.75) is 20.3 Å². The standard InChI is InChI=1S/C14H21N3O3/c1-8-11(9(2)16-12(8)14(19)20)13(18)15-6-10-4-5-17(3)7-10/h10,16H,4-7H2,1-3H3,(H,15,18)(H,19,20). The number of carboxylic acids is 1. The van der Waals surface area contributed by atoms with Gasteiger partial charge in [-0.25, -0.2) is 4.79 Å². The quantitative estimate of drug-likeness (QED) is 0.768. The normalized spacial score (nSPS) is 19.2. The van der Waals surface area contributed by atoms with Gasteiger partial charge >= 0.3 is 5.97 Å². The molecule has 1 fully saturated rings. The molecule has 0 radical (unpaired) electrons. The average molecular weight is 279 g/mol. The third-order valence-corrected chi connectivity index (χ3v) is 3.92. The summed E-state index contributed by atoms with van der Waals surface area (Å²) < 4.78 is 0. The third-order valence-electron chi connectivity index (χ3n) is 3.92. The lowest BCUT2D eigenvalue weighted by atomic mass is 10.1. The minimum absolute atomic E-state index is 0.0910. The summed E-state index contributed by atoms with van der Waals surface area (Å²) in [5.74, 6) is -0.761. The highest BCUT2D eigenvalue weighted by Gasteiger charge is 2.24. The van der Waals surface area contributed by atoms with E-state index in [2.05, 4.69) is 22.2 Å². The predicted octanol–water partition coefficient (Wildman–Crippen LogP) is 1.01. The Bertz CT molecular complexity index is 536. The topological polar surface area (TPSA) is 85.4 Å². The molecule has 1 aliphatic heterocycles. The zero-order valence-corrected chi connectivity index (χ0v) is 12.1. The summed E-state index contributed by atoms with van der Waals surface area (Å²) in [6.07, 6.45) is 1.09. The van der Waals surface area contributed by atoms with Crippen molar-refractivity contribution in [1.82, 2.24) is 15.2 Å². The van der Waals surface area contributed by atoms with Crippen molar-refractivity contribution in [1.29, 1.82) is 0 Å². The van der Waals surface area contributed by atoms with E-state index >= 15 is 0 Å². The summed E-state index contributed by atoms with van der Waals surface area (Å²) in [6, 6.07) is 0. The molecule has 1 aliphatic rings. The Morgan fingerprint density at radius 3 is 2.65 bits per heavy atom. The van der Waals surface area contributed by atoms with E-state index in [0.717, 1.165) is 19.5 Å². The van der Waals surface area contributed by atoms with Crippen molar-refractivity contribution >= 4 is 11.9 Å². The van der Waals surface area contributed by atoms with Crippen LogP contribution in [0.2, 0.25) is 0 Å². The summed E-state index contributed by atoms with van der Waals surface area (Å²) in [4.78, 5) is 28.3. The van der Waals surface area contributed by atoms with Crippen LogP contribution in [0.5, 0.6) is 0 Å². The number of nitrogens with one attached hydrogen (secondary N) is 2. The number of likely N-dealkylation sites (tertiary alicyclic amines) is 1. The van der Waals surface area contributed by atoms with Gasteiger partial charge in [-0.2, -0.15) is 0 Å². The van der Waals surface area contributed by atoms with E-state index in [9.17, 15) is 9.59 Å². The molecule has 1 saturated heterocycles. The van der Waals surface area contributed by atoms with Crippen molar-refractivity contribution in [3.63, 3.8) is 0 Å². The zero-order chi connectivity index (χ0) is 14.9. The number of hydrogen-bond acceptors (Lipinski definition) is 3. The van der Waals surface area contributed by atoms with E-state index in [1.807, 2.05) is 0 Å². The fraction of sp³-hybridized carbons (Fsp3) is 0.571. The van der Waals surface area contributed by atoms with Crippen LogP contribution in [-0.2, 0) is 0 Å². The SMILES string of the molecule is Cc1[nH]c(C(=O)O)c(C)c1C(=O)NCC1CCN(C)C1. The predicted molar refractivity (Wildman–Crippen MR) is 75.2 cm³/mol. The molecular weight excluding hydrogens is 258 g/mol. The van der Waals surface area contributed by atoms with Crippen LogP contribution >= 0.6 is 0 Å². The number of aryl methyl sites for hydroxylation is 1. The Morgan fingerprint density at radius 1 is 1.45 bits per heavy atom. The summed E-state index contributed by atoms with van der Waals surface area (Å²) >= 11 is 0. The summed E-state index contributed by atoms with van der Waals surface area (Å²) in [6.45, 7) is 6.07. The second kappa shape index (κ2) is 5.66. The molecule has 6 heteroatoms. The van der Waals surface area contributed by atoms with Crippen LogP contribution in [0.4, 0.5) is 0 Å². The molecule has 1 amide bonds. The van der Waals surface area contributed by atoms with Gasteiger partial charge in [-0.15, -0.1) is 0 Å².